The third kappa shape index (κ3) is 4.48. The fourth-order valence-corrected chi connectivity index (χ4v) is 3.58. The van der Waals surface area contributed by atoms with Crippen molar-refractivity contribution in [3.8, 4) is 5.75 Å². The molecule has 0 bridgehead atoms. The van der Waals surface area contributed by atoms with Crippen LogP contribution in [0.5, 0.6) is 5.75 Å². The lowest BCUT2D eigenvalue weighted by Crippen LogP contribution is -2.23. The van der Waals surface area contributed by atoms with Crippen LogP contribution in [-0.4, -0.2) is 29.1 Å². The van der Waals surface area contributed by atoms with Gasteiger partial charge in [-0.1, -0.05) is 29.8 Å². The molecule has 0 saturated carbocycles. The Balaban J connectivity index is 1.86. The number of halogens is 1. The van der Waals surface area contributed by atoms with E-state index in [2.05, 4.69) is 4.99 Å². The molecule has 2 aromatic carbocycles. The molecule has 6 heteroatoms. The van der Waals surface area contributed by atoms with Crippen molar-refractivity contribution in [2.45, 2.75) is 20.0 Å². The summed E-state index contributed by atoms with van der Waals surface area (Å²) in [6, 6.07) is 14.9. The minimum atomic E-state index is -0.0778. The van der Waals surface area contributed by atoms with E-state index in [9.17, 15) is 4.79 Å². The fraction of sp³-hybridized carbons (Fsp3) is 0.200. The van der Waals surface area contributed by atoms with Crippen LogP contribution in [0.4, 0.5) is 5.69 Å². The predicted molar refractivity (Wildman–Crippen MR) is 109 cm³/mol. The molecule has 1 heterocycles. The summed E-state index contributed by atoms with van der Waals surface area (Å²) < 4.78 is 5.71. The molecule has 0 spiro atoms. The van der Waals surface area contributed by atoms with Gasteiger partial charge >= 0.3 is 0 Å². The van der Waals surface area contributed by atoms with E-state index in [-0.39, 0.29) is 12.0 Å². The van der Waals surface area contributed by atoms with E-state index in [0.29, 0.717) is 20.8 Å². The van der Waals surface area contributed by atoms with Gasteiger partial charge in [0.25, 0.3) is 5.91 Å². The topological polar surface area (TPSA) is 41.9 Å². The molecule has 1 aliphatic rings. The highest BCUT2D eigenvalue weighted by Gasteiger charge is 2.30. The van der Waals surface area contributed by atoms with Gasteiger partial charge in [0, 0.05) is 12.1 Å². The molecule has 0 aliphatic carbocycles. The lowest BCUT2D eigenvalue weighted by atomic mass is 10.2. The molecule has 0 aromatic heterocycles. The maximum absolute atomic E-state index is 12.5. The molecule has 0 radical (unpaired) electrons. The number of likely N-dealkylation sites (N-methyl/N-ethyl adjacent to an activating group) is 1. The number of benzene rings is 2. The average molecular weight is 387 g/mol. The number of amides is 1. The number of thioether (sulfide) groups is 1. The number of hydrogen-bond acceptors (Lipinski definition) is 4. The number of ether oxygens (including phenoxy) is 1. The quantitative estimate of drug-likeness (QED) is 0.664. The van der Waals surface area contributed by atoms with Crippen molar-refractivity contribution in [1.82, 2.24) is 4.90 Å². The highest BCUT2D eigenvalue weighted by atomic mass is 35.5. The van der Waals surface area contributed by atoms with Crippen LogP contribution >= 0.6 is 23.4 Å². The van der Waals surface area contributed by atoms with Gasteiger partial charge in [-0.15, -0.1) is 0 Å². The molecule has 3 rings (SSSR count). The first-order valence-electron chi connectivity index (χ1n) is 8.21. The van der Waals surface area contributed by atoms with Crippen LogP contribution < -0.4 is 4.74 Å². The standard InChI is InChI=1S/C20H19ClN2O2S/c1-13(2)25-17-9-4-6-14(10-17)11-18-19(24)23(3)20(26-18)22-16-8-5-7-15(21)12-16/h4-13H,1-3H3/b18-11+,22-20?. The summed E-state index contributed by atoms with van der Waals surface area (Å²) in [7, 11) is 1.72. The number of nitrogens with zero attached hydrogens (tertiary/aromatic N) is 2. The van der Waals surface area contributed by atoms with Gasteiger partial charge < -0.3 is 4.74 Å². The van der Waals surface area contributed by atoms with Crippen LogP contribution in [0.2, 0.25) is 5.02 Å². The fourth-order valence-electron chi connectivity index (χ4n) is 2.41. The Morgan fingerprint density at radius 2 is 1.96 bits per heavy atom. The Labute approximate surface area is 162 Å². The molecule has 1 aliphatic heterocycles. The van der Waals surface area contributed by atoms with Gasteiger partial charge in [0.05, 0.1) is 16.7 Å². The van der Waals surface area contributed by atoms with Crippen LogP contribution in [0.3, 0.4) is 0 Å². The largest absolute Gasteiger partial charge is 0.491 e. The molecule has 1 amide bonds. The first kappa shape index (κ1) is 18.5. The third-order valence-electron chi connectivity index (χ3n) is 3.56. The second kappa shape index (κ2) is 7.98. The summed E-state index contributed by atoms with van der Waals surface area (Å²) in [6.45, 7) is 3.96. The SMILES string of the molecule is CC(C)Oc1cccc(/C=C2/SC(=Nc3cccc(Cl)c3)N(C)C2=O)c1. The highest BCUT2D eigenvalue weighted by Crippen LogP contribution is 2.33. The van der Waals surface area contributed by atoms with Crippen molar-refractivity contribution in [2.24, 2.45) is 4.99 Å². The smallest absolute Gasteiger partial charge is 0.266 e. The Hall–Kier alpha value is -2.24. The predicted octanol–water partition coefficient (Wildman–Crippen LogP) is 5.36. The van der Waals surface area contributed by atoms with E-state index in [1.165, 1.54) is 11.8 Å². The van der Waals surface area contributed by atoms with Crippen LogP contribution in [0.25, 0.3) is 6.08 Å². The van der Waals surface area contributed by atoms with Gasteiger partial charge in [0.15, 0.2) is 5.17 Å². The second-order valence-electron chi connectivity index (χ2n) is 6.09. The van der Waals surface area contributed by atoms with E-state index in [4.69, 9.17) is 16.3 Å². The lowest BCUT2D eigenvalue weighted by Gasteiger charge is -2.09. The number of rotatable bonds is 4. The number of hydrogen-bond donors (Lipinski definition) is 0. The molecule has 2 aromatic rings. The van der Waals surface area contributed by atoms with Crippen molar-refractivity contribution >= 4 is 46.2 Å². The van der Waals surface area contributed by atoms with Crippen molar-refractivity contribution in [3.63, 3.8) is 0 Å². The van der Waals surface area contributed by atoms with Crippen molar-refractivity contribution in [2.75, 3.05) is 7.05 Å². The molecule has 4 nitrogen and oxygen atoms in total. The normalized spacial score (nSPS) is 17.6. The van der Waals surface area contributed by atoms with E-state index in [1.807, 2.05) is 56.3 Å². The Bertz CT molecular complexity index is 893. The van der Waals surface area contributed by atoms with Crippen LogP contribution in [-0.2, 0) is 4.79 Å². The molecule has 134 valence electrons. The molecule has 0 atom stereocenters. The molecular weight excluding hydrogens is 368 g/mol. The molecule has 0 unspecified atom stereocenters. The summed E-state index contributed by atoms with van der Waals surface area (Å²) in [5, 5.41) is 1.24. The van der Waals surface area contributed by atoms with Gasteiger partial charge in [-0.2, -0.15) is 0 Å². The van der Waals surface area contributed by atoms with Crippen molar-refractivity contribution in [1.29, 1.82) is 0 Å². The third-order valence-corrected chi connectivity index (χ3v) is 4.86. The van der Waals surface area contributed by atoms with Crippen LogP contribution in [0.1, 0.15) is 19.4 Å². The van der Waals surface area contributed by atoms with Crippen LogP contribution in [0, 0.1) is 0 Å². The second-order valence-corrected chi connectivity index (χ2v) is 7.53. The molecular formula is C20H19ClN2O2S. The maximum atomic E-state index is 12.5. The number of aliphatic imine (C=N–C) groups is 1. The van der Waals surface area contributed by atoms with Crippen molar-refractivity contribution in [3.05, 3.63) is 64.0 Å². The van der Waals surface area contributed by atoms with E-state index >= 15 is 0 Å². The summed E-state index contributed by atoms with van der Waals surface area (Å²) >= 11 is 7.35. The van der Waals surface area contributed by atoms with Gasteiger partial charge in [-0.05, 0) is 67.6 Å². The first-order valence-corrected chi connectivity index (χ1v) is 9.40. The lowest BCUT2D eigenvalue weighted by molar-refractivity contribution is -0.121. The molecule has 1 fully saturated rings. The molecule has 26 heavy (non-hydrogen) atoms. The minimum Gasteiger partial charge on any atom is -0.491 e. The Kier molecular flexibility index (Phi) is 5.69. The van der Waals surface area contributed by atoms with E-state index < -0.39 is 0 Å². The number of carbonyl (C=O) groups excluding carboxylic acids is 1. The summed E-state index contributed by atoms with van der Waals surface area (Å²) in [4.78, 5) is 19.2. The Morgan fingerprint density at radius 1 is 1.19 bits per heavy atom. The molecule has 0 N–H and O–H groups in total. The zero-order valence-corrected chi connectivity index (χ0v) is 16.3. The summed E-state index contributed by atoms with van der Waals surface area (Å²) in [6.07, 6.45) is 1.96. The number of amidine groups is 1. The Morgan fingerprint density at radius 3 is 2.69 bits per heavy atom. The summed E-state index contributed by atoms with van der Waals surface area (Å²) in [5.74, 6) is 0.705. The van der Waals surface area contributed by atoms with E-state index in [0.717, 1.165) is 11.3 Å². The number of carbonyl (C=O) groups is 1. The van der Waals surface area contributed by atoms with Gasteiger partial charge in [0.1, 0.15) is 5.75 Å². The summed E-state index contributed by atoms with van der Waals surface area (Å²) in [5.41, 5.74) is 1.63. The van der Waals surface area contributed by atoms with Gasteiger partial charge in [-0.25, -0.2) is 4.99 Å². The highest BCUT2D eigenvalue weighted by molar-refractivity contribution is 8.18. The van der Waals surface area contributed by atoms with E-state index in [1.54, 1.807) is 24.1 Å². The molecule has 1 saturated heterocycles. The first-order chi connectivity index (χ1) is 12.4. The van der Waals surface area contributed by atoms with Crippen molar-refractivity contribution < 1.29 is 9.53 Å². The average Bonchev–Trinajstić information content (AvgIpc) is 2.83. The minimum absolute atomic E-state index is 0.0778. The van der Waals surface area contributed by atoms with Crippen LogP contribution in [0.15, 0.2) is 58.4 Å². The zero-order chi connectivity index (χ0) is 18.7. The zero-order valence-electron chi connectivity index (χ0n) is 14.8. The van der Waals surface area contributed by atoms with Gasteiger partial charge in [0.2, 0.25) is 0 Å². The maximum Gasteiger partial charge on any atom is 0.266 e. The monoisotopic (exact) mass is 386 g/mol. The van der Waals surface area contributed by atoms with Gasteiger partial charge in [-0.3, -0.25) is 9.69 Å².